The van der Waals surface area contributed by atoms with Crippen molar-refractivity contribution in [3.05, 3.63) is 41.2 Å². The maximum absolute atomic E-state index is 13.6. The first-order chi connectivity index (χ1) is 9.15. The van der Waals surface area contributed by atoms with Crippen molar-refractivity contribution < 1.29 is 9.50 Å². The molecule has 1 aliphatic rings. The summed E-state index contributed by atoms with van der Waals surface area (Å²) in [5.41, 5.74) is 0.462. The highest BCUT2D eigenvalue weighted by molar-refractivity contribution is 6.31. The normalized spacial score (nSPS) is 18.2. The first-order valence-corrected chi connectivity index (χ1v) is 6.75. The average molecular weight is 285 g/mol. The molecule has 0 bridgehead atoms. The summed E-state index contributed by atoms with van der Waals surface area (Å²) >= 11 is 6.15. The van der Waals surface area contributed by atoms with Crippen LogP contribution in [0.2, 0.25) is 5.02 Å². The van der Waals surface area contributed by atoms with E-state index in [2.05, 4.69) is 16.8 Å². The van der Waals surface area contributed by atoms with Crippen molar-refractivity contribution in [1.82, 2.24) is 10.2 Å². The van der Waals surface area contributed by atoms with Crippen LogP contribution in [0.1, 0.15) is 18.0 Å². The number of hydrogen-bond acceptors (Lipinski definition) is 3. The smallest absolute Gasteiger partial charge is 0.165 e. The number of halogens is 2. The minimum atomic E-state index is -0.636. The van der Waals surface area contributed by atoms with Gasteiger partial charge >= 0.3 is 0 Å². The summed E-state index contributed by atoms with van der Waals surface area (Å²) in [7, 11) is 0. The molecule has 0 saturated carbocycles. The minimum Gasteiger partial charge on any atom is -0.505 e. The Balaban J connectivity index is 2.37. The van der Waals surface area contributed by atoms with Gasteiger partial charge in [0.15, 0.2) is 11.6 Å². The number of aromatic hydroxyl groups is 1. The van der Waals surface area contributed by atoms with E-state index < -0.39 is 5.82 Å². The number of rotatable bonds is 4. The molecular weight excluding hydrogens is 267 g/mol. The van der Waals surface area contributed by atoms with Gasteiger partial charge in [-0.3, -0.25) is 4.90 Å². The Morgan fingerprint density at radius 3 is 2.79 bits per heavy atom. The van der Waals surface area contributed by atoms with Gasteiger partial charge in [0.05, 0.1) is 0 Å². The van der Waals surface area contributed by atoms with Gasteiger partial charge in [0.1, 0.15) is 0 Å². The van der Waals surface area contributed by atoms with Crippen molar-refractivity contribution in [3.63, 3.8) is 0 Å². The molecule has 0 radical (unpaired) electrons. The lowest BCUT2D eigenvalue weighted by Gasteiger charge is -2.35. The topological polar surface area (TPSA) is 35.5 Å². The third-order valence-corrected chi connectivity index (χ3v) is 3.76. The van der Waals surface area contributed by atoms with Crippen LogP contribution in [0.4, 0.5) is 4.39 Å². The van der Waals surface area contributed by atoms with Gasteiger partial charge in [0, 0.05) is 42.8 Å². The van der Waals surface area contributed by atoms with Crippen molar-refractivity contribution in [2.75, 3.05) is 26.2 Å². The highest BCUT2D eigenvalue weighted by Gasteiger charge is 2.26. The molecule has 1 aromatic rings. The molecule has 0 amide bonds. The van der Waals surface area contributed by atoms with Crippen LogP contribution >= 0.6 is 11.6 Å². The molecule has 104 valence electrons. The number of piperazine rings is 1. The monoisotopic (exact) mass is 284 g/mol. The van der Waals surface area contributed by atoms with Crippen molar-refractivity contribution in [2.24, 2.45) is 0 Å². The van der Waals surface area contributed by atoms with E-state index in [1.165, 1.54) is 12.1 Å². The van der Waals surface area contributed by atoms with Crippen molar-refractivity contribution >= 4 is 11.6 Å². The zero-order valence-corrected chi connectivity index (χ0v) is 11.5. The van der Waals surface area contributed by atoms with E-state index >= 15 is 0 Å². The number of nitrogens with one attached hydrogen (secondary N) is 1. The van der Waals surface area contributed by atoms with Gasteiger partial charge in [-0.2, -0.15) is 0 Å². The highest BCUT2D eigenvalue weighted by atomic mass is 35.5. The largest absolute Gasteiger partial charge is 0.505 e. The average Bonchev–Trinajstić information content (AvgIpc) is 2.43. The third-order valence-electron chi connectivity index (χ3n) is 3.43. The molecule has 0 spiro atoms. The van der Waals surface area contributed by atoms with Crippen LogP contribution in [0.3, 0.4) is 0 Å². The lowest BCUT2D eigenvalue weighted by Crippen LogP contribution is -2.45. The van der Waals surface area contributed by atoms with Crippen molar-refractivity contribution in [3.8, 4) is 5.75 Å². The Morgan fingerprint density at radius 1 is 1.47 bits per heavy atom. The van der Waals surface area contributed by atoms with Crippen LogP contribution in [0.15, 0.2) is 24.8 Å². The van der Waals surface area contributed by atoms with Crippen LogP contribution in [0.5, 0.6) is 5.75 Å². The van der Waals surface area contributed by atoms with Crippen LogP contribution < -0.4 is 5.32 Å². The Hall–Kier alpha value is -1.10. The fourth-order valence-corrected chi connectivity index (χ4v) is 2.75. The third kappa shape index (κ3) is 3.08. The molecule has 2 rings (SSSR count). The van der Waals surface area contributed by atoms with Crippen LogP contribution in [-0.4, -0.2) is 36.2 Å². The van der Waals surface area contributed by atoms with E-state index in [0.717, 1.165) is 26.2 Å². The summed E-state index contributed by atoms with van der Waals surface area (Å²) in [6.45, 7) is 7.17. The molecule has 19 heavy (non-hydrogen) atoms. The van der Waals surface area contributed by atoms with Crippen molar-refractivity contribution in [2.45, 2.75) is 12.5 Å². The zero-order valence-electron chi connectivity index (χ0n) is 10.7. The van der Waals surface area contributed by atoms with E-state index in [4.69, 9.17) is 11.6 Å². The second kappa shape index (κ2) is 6.37. The van der Waals surface area contributed by atoms with Crippen LogP contribution in [0.25, 0.3) is 0 Å². The molecule has 5 heteroatoms. The van der Waals surface area contributed by atoms with Crippen molar-refractivity contribution in [1.29, 1.82) is 0 Å². The van der Waals surface area contributed by atoms with E-state index in [1.807, 2.05) is 0 Å². The number of phenols is 1. The van der Waals surface area contributed by atoms with E-state index in [1.54, 1.807) is 6.08 Å². The van der Waals surface area contributed by atoms with Gasteiger partial charge in [-0.1, -0.05) is 17.7 Å². The molecule has 0 unspecified atom stereocenters. The minimum absolute atomic E-state index is 0.136. The maximum Gasteiger partial charge on any atom is 0.165 e. The SMILES string of the molecule is C=CC[C@H](c1c(Cl)ccc(F)c1O)N1CCNCC1. The molecular formula is C14H18ClFN2O. The van der Waals surface area contributed by atoms with Crippen LogP contribution in [-0.2, 0) is 0 Å². The van der Waals surface area contributed by atoms with Gasteiger partial charge < -0.3 is 10.4 Å². The Bertz CT molecular complexity index is 461. The predicted octanol–water partition coefficient (Wildman–Crippen LogP) is 2.71. The van der Waals surface area contributed by atoms with Gasteiger partial charge in [0.2, 0.25) is 0 Å². The lowest BCUT2D eigenvalue weighted by molar-refractivity contribution is 0.171. The quantitative estimate of drug-likeness (QED) is 0.835. The standard InChI is InChI=1S/C14H18ClFN2O/c1-2-3-12(18-8-6-17-7-9-18)13-10(15)4-5-11(16)14(13)19/h2,4-5,12,17,19H,1,3,6-9H2/t12-/m1/s1. The molecule has 0 aromatic heterocycles. The molecule has 1 heterocycles. The Morgan fingerprint density at radius 2 is 2.16 bits per heavy atom. The molecule has 1 aromatic carbocycles. The molecule has 1 atom stereocenters. The second-order valence-corrected chi connectivity index (χ2v) is 5.02. The summed E-state index contributed by atoms with van der Waals surface area (Å²) in [5, 5.41) is 13.6. The summed E-state index contributed by atoms with van der Waals surface area (Å²) in [6, 6.07) is 2.54. The number of hydrogen-bond donors (Lipinski definition) is 2. The number of nitrogens with zero attached hydrogens (tertiary/aromatic N) is 1. The van der Waals surface area contributed by atoms with E-state index in [9.17, 15) is 9.50 Å². The summed E-state index contributed by atoms with van der Waals surface area (Å²) < 4.78 is 13.6. The Kier molecular flexibility index (Phi) is 4.80. The maximum atomic E-state index is 13.6. The number of benzene rings is 1. The van der Waals surface area contributed by atoms with Gasteiger partial charge in [-0.25, -0.2) is 4.39 Å². The molecule has 0 aliphatic carbocycles. The fraction of sp³-hybridized carbons (Fsp3) is 0.429. The molecule has 1 aliphatic heterocycles. The predicted molar refractivity (Wildman–Crippen MR) is 75.1 cm³/mol. The van der Waals surface area contributed by atoms with Gasteiger partial charge in [-0.15, -0.1) is 6.58 Å². The summed E-state index contributed by atoms with van der Waals surface area (Å²) in [4.78, 5) is 2.19. The van der Waals surface area contributed by atoms with Gasteiger partial charge in [0.25, 0.3) is 0 Å². The Labute approximate surface area is 117 Å². The first-order valence-electron chi connectivity index (χ1n) is 6.37. The molecule has 3 nitrogen and oxygen atoms in total. The number of phenolic OH excluding ortho intramolecular Hbond substituents is 1. The summed E-state index contributed by atoms with van der Waals surface area (Å²) in [6.07, 6.45) is 2.39. The molecule has 1 fully saturated rings. The summed E-state index contributed by atoms with van der Waals surface area (Å²) in [5.74, 6) is -0.985. The fourth-order valence-electron chi connectivity index (χ4n) is 2.47. The van der Waals surface area contributed by atoms with Crippen LogP contribution in [0, 0.1) is 5.82 Å². The van der Waals surface area contributed by atoms with E-state index in [0.29, 0.717) is 17.0 Å². The first kappa shape index (κ1) is 14.3. The second-order valence-electron chi connectivity index (χ2n) is 4.62. The van der Waals surface area contributed by atoms with Gasteiger partial charge in [-0.05, 0) is 18.6 Å². The zero-order chi connectivity index (χ0) is 13.8. The lowest BCUT2D eigenvalue weighted by atomic mass is 9.99. The van der Waals surface area contributed by atoms with E-state index in [-0.39, 0.29) is 11.8 Å². The highest BCUT2D eigenvalue weighted by Crippen LogP contribution is 2.38. The molecule has 1 saturated heterocycles. The molecule has 2 N–H and O–H groups in total.